The van der Waals surface area contributed by atoms with Crippen molar-refractivity contribution in [2.75, 3.05) is 33.3 Å². The number of piperazine rings is 1. The second-order valence-electron chi connectivity index (χ2n) is 6.48. The molecule has 1 aliphatic heterocycles. The van der Waals surface area contributed by atoms with Crippen LogP contribution in [0.4, 0.5) is 10.1 Å². The van der Waals surface area contributed by atoms with Gasteiger partial charge in [0.15, 0.2) is 0 Å². The zero-order chi connectivity index (χ0) is 19.4. The first kappa shape index (κ1) is 18.8. The monoisotopic (exact) mass is 374 g/mol. The highest BCUT2D eigenvalue weighted by Gasteiger charge is 2.25. The molecule has 2 aromatic rings. The van der Waals surface area contributed by atoms with E-state index in [2.05, 4.69) is 0 Å². The maximum absolute atomic E-state index is 13.5. The Morgan fingerprint density at radius 1 is 1.22 bits per heavy atom. The molecule has 8 heteroatoms. The van der Waals surface area contributed by atoms with E-state index in [9.17, 15) is 19.3 Å². The molecule has 1 amide bonds. The molecule has 0 bridgehead atoms. The normalized spacial score (nSPS) is 14.8. The van der Waals surface area contributed by atoms with Crippen LogP contribution in [-0.2, 0) is 6.54 Å². The topological polar surface area (TPSA) is 77.1 Å². The van der Waals surface area contributed by atoms with Crippen LogP contribution in [0.2, 0.25) is 0 Å². The van der Waals surface area contributed by atoms with Gasteiger partial charge >= 0.3 is 0 Å². The first-order chi connectivity index (χ1) is 13.0. The van der Waals surface area contributed by atoms with Crippen molar-refractivity contribution in [1.82, 2.24) is 4.90 Å². The number of amides is 1. The Bertz CT molecular complexity index is 833. The van der Waals surface area contributed by atoms with Crippen molar-refractivity contribution in [2.45, 2.75) is 6.54 Å². The number of carbonyl (C=O) groups is 1. The number of halogens is 1. The van der Waals surface area contributed by atoms with E-state index in [-0.39, 0.29) is 17.4 Å². The molecule has 0 aliphatic carbocycles. The van der Waals surface area contributed by atoms with Crippen molar-refractivity contribution in [3.63, 3.8) is 0 Å². The van der Waals surface area contributed by atoms with E-state index >= 15 is 0 Å². The summed E-state index contributed by atoms with van der Waals surface area (Å²) in [5, 5.41) is 10.7. The van der Waals surface area contributed by atoms with Gasteiger partial charge in [0.1, 0.15) is 18.1 Å². The second-order valence-corrected chi connectivity index (χ2v) is 6.48. The Morgan fingerprint density at radius 3 is 2.48 bits per heavy atom. The van der Waals surface area contributed by atoms with Gasteiger partial charge in [-0.15, -0.1) is 0 Å². The van der Waals surface area contributed by atoms with Gasteiger partial charge in [-0.05, 0) is 30.3 Å². The van der Waals surface area contributed by atoms with Crippen molar-refractivity contribution in [3.8, 4) is 5.75 Å². The fraction of sp³-hybridized carbons (Fsp3) is 0.316. The number of benzene rings is 2. The van der Waals surface area contributed by atoms with Crippen LogP contribution < -0.4 is 9.64 Å². The number of quaternary nitrogens is 1. The number of nitro groups is 1. The molecule has 1 saturated heterocycles. The van der Waals surface area contributed by atoms with Crippen LogP contribution in [0, 0.1) is 15.9 Å². The third-order valence-corrected chi connectivity index (χ3v) is 4.77. The third kappa shape index (κ3) is 4.40. The Kier molecular flexibility index (Phi) is 5.66. The average molecular weight is 374 g/mol. The van der Waals surface area contributed by atoms with E-state index in [0.29, 0.717) is 30.9 Å². The number of ether oxygens (including phenoxy) is 1. The lowest BCUT2D eigenvalue weighted by Gasteiger charge is -2.32. The molecule has 0 saturated carbocycles. The van der Waals surface area contributed by atoms with Crippen molar-refractivity contribution < 1.29 is 23.7 Å². The Balaban J connectivity index is 1.59. The molecule has 0 atom stereocenters. The minimum absolute atomic E-state index is 0.0372. The minimum atomic E-state index is -0.489. The van der Waals surface area contributed by atoms with Gasteiger partial charge in [-0.3, -0.25) is 14.9 Å². The van der Waals surface area contributed by atoms with E-state index in [4.69, 9.17) is 4.74 Å². The molecular formula is C19H21FN3O4+. The molecular weight excluding hydrogens is 353 g/mol. The number of non-ortho nitro benzene ring substituents is 1. The predicted molar refractivity (Wildman–Crippen MR) is 96.4 cm³/mol. The van der Waals surface area contributed by atoms with Crippen LogP contribution in [0.3, 0.4) is 0 Å². The van der Waals surface area contributed by atoms with E-state index in [1.54, 1.807) is 18.1 Å². The summed E-state index contributed by atoms with van der Waals surface area (Å²) in [6.07, 6.45) is 0. The molecule has 1 heterocycles. The molecule has 7 nitrogen and oxygen atoms in total. The summed E-state index contributed by atoms with van der Waals surface area (Å²) in [6.45, 7) is 3.24. The Hall–Kier alpha value is -3.00. The van der Waals surface area contributed by atoms with Crippen LogP contribution in [0.5, 0.6) is 5.75 Å². The fourth-order valence-electron chi connectivity index (χ4n) is 3.27. The molecule has 0 radical (unpaired) electrons. The summed E-state index contributed by atoms with van der Waals surface area (Å²) < 4.78 is 18.8. The SMILES string of the molecule is COc1ccc(F)cc1C[NH+]1CCN(C(=O)c2ccc([N+](=O)[O-])cc2)CC1. The summed E-state index contributed by atoms with van der Waals surface area (Å²) >= 11 is 0. The van der Waals surface area contributed by atoms with Gasteiger partial charge in [0, 0.05) is 17.7 Å². The van der Waals surface area contributed by atoms with Gasteiger partial charge in [-0.2, -0.15) is 0 Å². The molecule has 0 spiro atoms. The average Bonchev–Trinajstić information content (AvgIpc) is 2.68. The van der Waals surface area contributed by atoms with Crippen molar-refractivity contribution in [3.05, 3.63) is 69.5 Å². The highest BCUT2D eigenvalue weighted by molar-refractivity contribution is 5.94. The smallest absolute Gasteiger partial charge is 0.269 e. The maximum Gasteiger partial charge on any atom is 0.269 e. The third-order valence-electron chi connectivity index (χ3n) is 4.77. The van der Waals surface area contributed by atoms with Crippen LogP contribution in [0.1, 0.15) is 15.9 Å². The first-order valence-corrected chi connectivity index (χ1v) is 8.67. The zero-order valence-electron chi connectivity index (χ0n) is 15.0. The van der Waals surface area contributed by atoms with Crippen molar-refractivity contribution in [2.24, 2.45) is 0 Å². The molecule has 0 unspecified atom stereocenters. The highest BCUT2D eigenvalue weighted by atomic mass is 19.1. The zero-order valence-corrected chi connectivity index (χ0v) is 15.0. The van der Waals surface area contributed by atoms with E-state index in [1.165, 1.54) is 41.3 Å². The highest BCUT2D eigenvalue weighted by Crippen LogP contribution is 2.18. The Labute approximate surface area is 156 Å². The van der Waals surface area contributed by atoms with E-state index < -0.39 is 4.92 Å². The summed E-state index contributed by atoms with van der Waals surface area (Å²) in [7, 11) is 1.56. The molecule has 2 aromatic carbocycles. The molecule has 1 fully saturated rings. The van der Waals surface area contributed by atoms with E-state index in [0.717, 1.165) is 18.7 Å². The fourth-order valence-corrected chi connectivity index (χ4v) is 3.27. The number of methoxy groups -OCH3 is 1. The van der Waals surface area contributed by atoms with Crippen LogP contribution in [0.25, 0.3) is 0 Å². The lowest BCUT2D eigenvalue weighted by molar-refractivity contribution is -0.917. The van der Waals surface area contributed by atoms with Crippen molar-refractivity contribution in [1.29, 1.82) is 0 Å². The molecule has 0 aromatic heterocycles. The predicted octanol–water partition coefficient (Wildman–Crippen LogP) is 1.28. The molecule has 1 N–H and O–H groups in total. The number of nitrogens with zero attached hydrogens (tertiary/aromatic N) is 2. The van der Waals surface area contributed by atoms with Gasteiger partial charge in [0.05, 0.1) is 43.8 Å². The summed E-state index contributed by atoms with van der Waals surface area (Å²) in [5.74, 6) is 0.234. The maximum atomic E-state index is 13.5. The number of hydrogen-bond acceptors (Lipinski definition) is 4. The van der Waals surface area contributed by atoms with Crippen LogP contribution in [-0.4, -0.2) is 49.0 Å². The van der Waals surface area contributed by atoms with Gasteiger partial charge in [0.2, 0.25) is 0 Å². The summed E-state index contributed by atoms with van der Waals surface area (Å²) in [4.78, 5) is 25.8. The molecule has 27 heavy (non-hydrogen) atoms. The second kappa shape index (κ2) is 8.13. The standard InChI is InChI=1S/C19H20FN3O4/c1-27-18-7-4-16(20)12-15(18)13-21-8-10-22(11-9-21)19(24)14-2-5-17(6-3-14)23(25)26/h2-7,12H,8-11,13H2,1H3/p+1. The molecule has 3 rings (SSSR count). The van der Waals surface area contributed by atoms with Gasteiger partial charge in [0.25, 0.3) is 11.6 Å². The first-order valence-electron chi connectivity index (χ1n) is 8.67. The number of nitrogens with one attached hydrogen (secondary N) is 1. The number of hydrogen-bond donors (Lipinski definition) is 1. The van der Waals surface area contributed by atoms with Crippen molar-refractivity contribution >= 4 is 11.6 Å². The molecule has 1 aliphatic rings. The van der Waals surface area contributed by atoms with E-state index in [1.807, 2.05) is 0 Å². The minimum Gasteiger partial charge on any atom is -0.496 e. The number of nitro benzene ring substituents is 1. The quantitative estimate of drug-likeness (QED) is 0.632. The van der Waals surface area contributed by atoms with Gasteiger partial charge < -0.3 is 14.5 Å². The summed E-state index contributed by atoms with van der Waals surface area (Å²) in [6, 6.07) is 10.1. The van der Waals surface area contributed by atoms with Crippen LogP contribution in [0.15, 0.2) is 42.5 Å². The lowest BCUT2D eigenvalue weighted by Crippen LogP contribution is -3.13. The Morgan fingerprint density at radius 2 is 1.89 bits per heavy atom. The number of rotatable bonds is 5. The van der Waals surface area contributed by atoms with Crippen LogP contribution >= 0.6 is 0 Å². The number of carbonyl (C=O) groups excluding carboxylic acids is 1. The van der Waals surface area contributed by atoms with Gasteiger partial charge in [-0.25, -0.2) is 4.39 Å². The molecule has 142 valence electrons. The lowest BCUT2D eigenvalue weighted by atomic mass is 10.1. The van der Waals surface area contributed by atoms with Gasteiger partial charge in [-0.1, -0.05) is 0 Å². The summed E-state index contributed by atoms with van der Waals surface area (Å²) in [5.41, 5.74) is 1.21. The largest absolute Gasteiger partial charge is 0.496 e.